The third kappa shape index (κ3) is 5.61. The van der Waals surface area contributed by atoms with Gasteiger partial charge in [0.25, 0.3) is 0 Å². The molecular weight excluding hydrogens is 319 g/mol. The van der Waals surface area contributed by atoms with Crippen molar-refractivity contribution < 1.29 is 9.59 Å². The van der Waals surface area contributed by atoms with Gasteiger partial charge in [0.05, 0.1) is 0 Å². The standard InChI is InChI=1S/C13H16Cl2N2O2S/c1-8(18)17-12(7-20)13(19)16-5-4-9-2-3-10(14)6-11(9)15/h2-3,6,12,20H,4-5,7H2,1H3,(H,16,19)(H,17,18). The van der Waals surface area contributed by atoms with Crippen molar-refractivity contribution in [1.29, 1.82) is 0 Å². The fraction of sp³-hybridized carbons (Fsp3) is 0.385. The Bertz CT molecular complexity index is 497. The molecule has 2 N–H and O–H groups in total. The quantitative estimate of drug-likeness (QED) is 0.697. The molecular formula is C13H16Cl2N2O2S. The van der Waals surface area contributed by atoms with Crippen LogP contribution in [0.1, 0.15) is 12.5 Å². The second kappa shape index (κ2) is 8.39. The van der Waals surface area contributed by atoms with Crippen LogP contribution in [0.3, 0.4) is 0 Å². The highest BCUT2D eigenvalue weighted by Gasteiger charge is 2.16. The minimum absolute atomic E-state index is 0.243. The summed E-state index contributed by atoms with van der Waals surface area (Å²) in [6, 6.07) is 4.60. The molecule has 1 rings (SSSR count). The zero-order chi connectivity index (χ0) is 15.1. The number of amides is 2. The number of rotatable bonds is 6. The Labute approximate surface area is 133 Å². The molecule has 0 saturated carbocycles. The lowest BCUT2D eigenvalue weighted by Crippen LogP contribution is -2.47. The average Bonchev–Trinajstić information content (AvgIpc) is 2.38. The molecule has 0 bridgehead atoms. The van der Waals surface area contributed by atoms with Crippen LogP contribution in [0, 0.1) is 0 Å². The minimum Gasteiger partial charge on any atom is -0.354 e. The summed E-state index contributed by atoms with van der Waals surface area (Å²) in [4.78, 5) is 22.7. The van der Waals surface area contributed by atoms with E-state index in [4.69, 9.17) is 23.2 Å². The maximum absolute atomic E-state index is 11.8. The first-order chi connectivity index (χ1) is 9.43. The lowest BCUT2D eigenvalue weighted by molar-refractivity contribution is -0.127. The van der Waals surface area contributed by atoms with Gasteiger partial charge in [0.1, 0.15) is 6.04 Å². The summed E-state index contributed by atoms with van der Waals surface area (Å²) in [6.07, 6.45) is 0.584. The van der Waals surface area contributed by atoms with E-state index < -0.39 is 6.04 Å². The largest absolute Gasteiger partial charge is 0.354 e. The van der Waals surface area contributed by atoms with E-state index in [0.29, 0.717) is 23.0 Å². The predicted molar refractivity (Wildman–Crippen MR) is 84.6 cm³/mol. The van der Waals surface area contributed by atoms with Crippen LogP contribution in [0.25, 0.3) is 0 Å². The van der Waals surface area contributed by atoms with Crippen LogP contribution < -0.4 is 10.6 Å². The molecule has 20 heavy (non-hydrogen) atoms. The lowest BCUT2D eigenvalue weighted by atomic mass is 10.1. The van der Waals surface area contributed by atoms with Crippen molar-refractivity contribution in [3.05, 3.63) is 33.8 Å². The molecule has 1 atom stereocenters. The van der Waals surface area contributed by atoms with Gasteiger partial charge in [-0.15, -0.1) is 0 Å². The maximum atomic E-state index is 11.8. The highest BCUT2D eigenvalue weighted by molar-refractivity contribution is 7.80. The van der Waals surface area contributed by atoms with Gasteiger partial charge in [0, 0.05) is 29.3 Å². The van der Waals surface area contributed by atoms with Crippen LogP contribution >= 0.6 is 35.8 Å². The molecule has 4 nitrogen and oxygen atoms in total. The van der Waals surface area contributed by atoms with Crippen molar-refractivity contribution in [3.63, 3.8) is 0 Å². The van der Waals surface area contributed by atoms with E-state index in [0.717, 1.165) is 5.56 Å². The molecule has 0 saturated heterocycles. The van der Waals surface area contributed by atoms with Crippen molar-refractivity contribution in [1.82, 2.24) is 10.6 Å². The highest BCUT2D eigenvalue weighted by atomic mass is 35.5. The van der Waals surface area contributed by atoms with Crippen molar-refractivity contribution in [2.45, 2.75) is 19.4 Å². The Morgan fingerprint density at radius 1 is 1.35 bits per heavy atom. The van der Waals surface area contributed by atoms with Gasteiger partial charge in [0.2, 0.25) is 11.8 Å². The van der Waals surface area contributed by atoms with E-state index in [2.05, 4.69) is 23.3 Å². The number of benzene rings is 1. The number of hydrogen-bond donors (Lipinski definition) is 3. The first kappa shape index (κ1) is 17.1. The third-order valence-corrected chi connectivity index (χ3v) is 3.54. The van der Waals surface area contributed by atoms with Crippen LogP contribution in [0.15, 0.2) is 18.2 Å². The second-order valence-corrected chi connectivity index (χ2v) is 5.42. The zero-order valence-corrected chi connectivity index (χ0v) is 13.4. The summed E-state index contributed by atoms with van der Waals surface area (Å²) in [5.74, 6) is -0.284. The summed E-state index contributed by atoms with van der Waals surface area (Å²) in [6.45, 7) is 1.78. The number of carbonyl (C=O) groups excluding carboxylic acids is 2. The molecule has 0 heterocycles. The van der Waals surface area contributed by atoms with Crippen LogP contribution in [0.4, 0.5) is 0 Å². The monoisotopic (exact) mass is 334 g/mol. The number of carbonyl (C=O) groups is 2. The van der Waals surface area contributed by atoms with Gasteiger partial charge in [-0.2, -0.15) is 12.6 Å². The van der Waals surface area contributed by atoms with Crippen LogP contribution in [-0.4, -0.2) is 30.2 Å². The minimum atomic E-state index is -0.628. The van der Waals surface area contributed by atoms with E-state index >= 15 is 0 Å². The van der Waals surface area contributed by atoms with Crippen molar-refractivity contribution in [2.24, 2.45) is 0 Å². The topological polar surface area (TPSA) is 58.2 Å². The number of nitrogens with one attached hydrogen (secondary N) is 2. The van der Waals surface area contributed by atoms with Gasteiger partial charge in [-0.05, 0) is 24.1 Å². The smallest absolute Gasteiger partial charge is 0.243 e. The molecule has 1 aromatic rings. The fourth-order valence-corrected chi connectivity index (χ4v) is 2.37. The molecule has 0 aliphatic rings. The van der Waals surface area contributed by atoms with E-state index in [9.17, 15) is 9.59 Å². The number of halogens is 2. The lowest BCUT2D eigenvalue weighted by Gasteiger charge is -2.15. The number of hydrogen-bond acceptors (Lipinski definition) is 3. The average molecular weight is 335 g/mol. The summed E-state index contributed by atoms with van der Waals surface area (Å²) < 4.78 is 0. The molecule has 0 aliphatic heterocycles. The molecule has 0 radical (unpaired) electrons. The van der Waals surface area contributed by atoms with E-state index in [1.807, 2.05) is 6.07 Å². The van der Waals surface area contributed by atoms with Crippen molar-refractivity contribution in [2.75, 3.05) is 12.3 Å². The molecule has 0 aromatic heterocycles. The summed E-state index contributed by atoms with van der Waals surface area (Å²) in [7, 11) is 0. The Hall–Kier alpha value is -0.910. The first-order valence-corrected chi connectivity index (χ1v) is 7.42. The Morgan fingerprint density at radius 2 is 2.05 bits per heavy atom. The predicted octanol–water partition coefficient (Wildman–Crippen LogP) is 2.09. The highest BCUT2D eigenvalue weighted by Crippen LogP contribution is 2.20. The Morgan fingerprint density at radius 3 is 2.60 bits per heavy atom. The molecule has 110 valence electrons. The zero-order valence-electron chi connectivity index (χ0n) is 11.0. The normalized spacial score (nSPS) is 11.8. The molecule has 1 unspecified atom stereocenters. The second-order valence-electron chi connectivity index (χ2n) is 4.21. The number of thiol groups is 1. The molecule has 0 spiro atoms. The molecule has 7 heteroatoms. The fourth-order valence-electron chi connectivity index (χ4n) is 1.61. The van der Waals surface area contributed by atoms with Gasteiger partial charge >= 0.3 is 0 Å². The van der Waals surface area contributed by atoms with Gasteiger partial charge in [-0.25, -0.2) is 0 Å². The SMILES string of the molecule is CC(=O)NC(CS)C(=O)NCCc1ccc(Cl)cc1Cl. The summed E-state index contributed by atoms with van der Waals surface area (Å²) in [5, 5.41) is 6.40. The van der Waals surface area contributed by atoms with Gasteiger partial charge in [-0.3, -0.25) is 9.59 Å². The molecule has 0 aliphatic carbocycles. The van der Waals surface area contributed by atoms with E-state index in [-0.39, 0.29) is 17.6 Å². The molecule has 1 aromatic carbocycles. The summed E-state index contributed by atoms with van der Waals surface area (Å²) >= 11 is 15.9. The van der Waals surface area contributed by atoms with Crippen LogP contribution in [-0.2, 0) is 16.0 Å². The first-order valence-electron chi connectivity index (χ1n) is 6.03. The van der Waals surface area contributed by atoms with Crippen LogP contribution in [0.5, 0.6) is 0 Å². The Balaban J connectivity index is 2.46. The van der Waals surface area contributed by atoms with Crippen LogP contribution in [0.2, 0.25) is 10.0 Å². The summed E-state index contributed by atoms with van der Waals surface area (Å²) in [5.41, 5.74) is 0.901. The van der Waals surface area contributed by atoms with Crippen molar-refractivity contribution >= 4 is 47.6 Å². The van der Waals surface area contributed by atoms with Gasteiger partial charge < -0.3 is 10.6 Å². The third-order valence-electron chi connectivity index (χ3n) is 2.59. The molecule has 2 amide bonds. The maximum Gasteiger partial charge on any atom is 0.243 e. The van der Waals surface area contributed by atoms with Gasteiger partial charge in [-0.1, -0.05) is 29.3 Å². The van der Waals surface area contributed by atoms with Crippen molar-refractivity contribution in [3.8, 4) is 0 Å². The van der Waals surface area contributed by atoms with Gasteiger partial charge in [0.15, 0.2) is 0 Å². The van der Waals surface area contributed by atoms with E-state index in [1.165, 1.54) is 6.92 Å². The molecule has 0 fully saturated rings. The Kier molecular flexibility index (Phi) is 7.19. The van der Waals surface area contributed by atoms with E-state index in [1.54, 1.807) is 12.1 Å².